The lowest BCUT2D eigenvalue weighted by molar-refractivity contribution is -0.137. The van der Waals surface area contributed by atoms with Gasteiger partial charge in [0.05, 0.1) is 19.3 Å². The molecule has 1 aliphatic heterocycles. The lowest BCUT2D eigenvalue weighted by Gasteiger charge is -2.37. The van der Waals surface area contributed by atoms with Crippen LogP contribution in [0.2, 0.25) is 0 Å². The van der Waals surface area contributed by atoms with E-state index in [0.29, 0.717) is 18.4 Å². The van der Waals surface area contributed by atoms with Gasteiger partial charge in [-0.3, -0.25) is 0 Å². The molecule has 2 aromatic rings. The quantitative estimate of drug-likeness (QED) is 0.171. The highest BCUT2D eigenvalue weighted by Crippen LogP contribution is 2.48. The Hall–Kier alpha value is -4.26. The van der Waals surface area contributed by atoms with Gasteiger partial charge in [0, 0.05) is 41.0 Å². The fourth-order valence-electron chi connectivity index (χ4n) is 8.62. The molecule has 50 heavy (non-hydrogen) atoms. The summed E-state index contributed by atoms with van der Waals surface area (Å²) in [4.78, 5) is 22.9. The fourth-order valence-corrected chi connectivity index (χ4v) is 8.62. The zero-order chi connectivity index (χ0) is 34.9. The van der Waals surface area contributed by atoms with Crippen molar-refractivity contribution in [3.63, 3.8) is 0 Å². The minimum absolute atomic E-state index is 0.0318. The average molecular weight is 675 g/mol. The number of carbonyl (C=O) groups is 2. The standard InChI is InChI=1S/C44H50O6/c1-4-9-30-12-16-33(17-13-30)36-28-49-39-22-18-34-26-31(10-7-24-47-41(45)5-2)14-20-37(34)43(39)44-38-21-15-32(11-8-25-48-42(46)6-3)27-35(38)19-23-40(44)50-29-36/h5-6,14,19-20,23,26,30,32-33,36,39,43H,2-4,9,12-13,15-18,21-22,24-25,27-29H2,1H3/t30?,32-,33?,36?,39+,43-/m0/s1. The second-order valence-corrected chi connectivity index (χ2v) is 14.2. The molecule has 2 aromatic carbocycles. The minimum Gasteiger partial charge on any atom is -0.493 e. The summed E-state index contributed by atoms with van der Waals surface area (Å²) in [5, 5.41) is 0. The van der Waals surface area contributed by atoms with Crippen LogP contribution in [-0.4, -0.2) is 44.5 Å². The Morgan fingerprint density at radius 3 is 2.42 bits per heavy atom. The van der Waals surface area contributed by atoms with Crippen LogP contribution in [0.1, 0.15) is 97.6 Å². The van der Waals surface area contributed by atoms with Crippen LogP contribution in [0.4, 0.5) is 0 Å². The normalized spacial score (nSPS) is 25.2. The predicted molar refractivity (Wildman–Crippen MR) is 195 cm³/mol. The fraction of sp³-hybridized carbons (Fsp3) is 0.500. The monoisotopic (exact) mass is 674 g/mol. The molecule has 4 atom stereocenters. The van der Waals surface area contributed by atoms with Crippen molar-refractivity contribution in [3.05, 3.63) is 89.0 Å². The van der Waals surface area contributed by atoms with E-state index in [4.69, 9.17) is 18.9 Å². The molecule has 6 nitrogen and oxygen atoms in total. The molecule has 6 rings (SSSR count). The molecule has 1 saturated carbocycles. The van der Waals surface area contributed by atoms with E-state index in [1.54, 1.807) is 0 Å². The molecule has 0 saturated heterocycles. The van der Waals surface area contributed by atoms with Crippen LogP contribution in [0.5, 0.6) is 5.75 Å². The van der Waals surface area contributed by atoms with Crippen LogP contribution in [0.25, 0.3) is 0 Å². The SMILES string of the molecule is C=CC(=O)OCC#Cc1ccc2c(c1)CC[C@H]1OCC(C3CCC(CCC)CC3)COc3ccc4c(c3[C@@H]21)CC[C@H](C#CCOC(=O)C=C)C4. The summed E-state index contributed by atoms with van der Waals surface area (Å²) >= 11 is 0. The van der Waals surface area contributed by atoms with Gasteiger partial charge in [0.15, 0.2) is 13.2 Å². The van der Waals surface area contributed by atoms with Gasteiger partial charge in [-0.05, 0) is 97.2 Å². The maximum absolute atomic E-state index is 11.4. The zero-order valence-electron chi connectivity index (χ0n) is 29.5. The number of ether oxygens (including phenoxy) is 4. The Morgan fingerprint density at radius 2 is 1.66 bits per heavy atom. The molecule has 0 spiro atoms. The van der Waals surface area contributed by atoms with Gasteiger partial charge in [-0.15, -0.1) is 0 Å². The first-order chi connectivity index (χ1) is 24.5. The zero-order valence-corrected chi connectivity index (χ0v) is 29.5. The maximum Gasteiger partial charge on any atom is 0.331 e. The first kappa shape index (κ1) is 35.6. The van der Waals surface area contributed by atoms with E-state index >= 15 is 0 Å². The van der Waals surface area contributed by atoms with Crippen LogP contribution in [-0.2, 0) is 43.1 Å². The van der Waals surface area contributed by atoms with Crippen LogP contribution in [0.15, 0.2) is 55.6 Å². The molecule has 0 radical (unpaired) electrons. The van der Waals surface area contributed by atoms with Crippen molar-refractivity contribution in [3.8, 4) is 29.4 Å². The molecule has 4 aliphatic rings. The van der Waals surface area contributed by atoms with Gasteiger partial charge in [-0.2, -0.15) is 0 Å². The molecular weight excluding hydrogens is 624 g/mol. The third-order valence-corrected chi connectivity index (χ3v) is 11.2. The largest absolute Gasteiger partial charge is 0.493 e. The number of benzene rings is 2. The highest BCUT2D eigenvalue weighted by atomic mass is 16.5. The Morgan fingerprint density at radius 1 is 0.880 bits per heavy atom. The van der Waals surface area contributed by atoms with Gasteiger partial charge in [0.1, 0.15) is 5.75 Å². The van der Waals surface area contributed by atoms with Crippen molar-refractivity contribution < 1.29 is 28.5 Å². The molecule has 1 unspecified atom stereocenters. The van der Waals surface area contributed by atoms with E-state index in [2.05, 4.69) is 74.1 Å². The molecule has 1 heterocycles. The van der Waals surface area contributed by atoms with Crippen LogP contribution < -0.4 is 4.74 Å². The summed E-state index contributed by atoms with van der Waals surface area (Å²) in [6.07, 6.45) is 14.7. The number of aryl methyl sites for hydroxylation is 1. The number of carbonyl (C=O) groups excluding carboxylic acids is 2. The third kappa shape index (κ3) is 8.54. The summed E-state index contributed by atoms with van der Waals surface area (Å²) in [7, 11) is 0. The van der Waals surface area contributed by atoms with Crippen molar-refractivity contribution in [2.45, 2.75) is 89.6 Å². The molecule has 0 aromatic heterocycles. The van der Waals surface area contributed by atoms with Crippen molar-refractivity contribution in [1.29, 1.82) is 0 Å². The summed E-state index contributed by atoms with van der Waals surface area (Å²) < 4.78 is 24.1. The number of hydrogen-bond acceptors (Lipinski definition) is 6. The minimum atomic E-state index is -0.473. The molecule has 262 valence electrons. The molecule has 0 amide bonds. The van der Waals surface area contributed by atoms with Crippen molar-refractivity contribution in [2.24, 2.45) is 23.7 Å². The Bertz CT molecular complexity index is 1690. The van der Waals surface area contributed by atoms with Crippen LogP contribution in [0, 0.1) is 47.4 Å². The van der Waals surface area contributed by atoms with Crippen molar-refractivity contribution in [2.75, 3.05) is 26.4 Å². The summed E-state index contributed by atoms with van der Waals surface area (Å²) in [6, 6.07) is 10.9. The molecular formula is C44H50O6. The van der Waals surface area contributed by atoms with E-state index < -0.39 is 11.9 Å². The lowest BCUT2D eigenvalue weighted by atomic mass is 9.71. The van der Waals surface area contributed by atoms with Crippen LogP contribution >= 0.6 is 0 Å². The third-order valence-electron chi connectivity index (χ3n) is 11.2. The van der Waals surface area contributed by atoms with E-state index in [-0.39, 0.29) is 31.2 Å². The first-order valence-electron chi connectivity index (χ1n) is 18.5. The molecule has 3 aliphatic carbocycles. The number of fused-ring (bicyclic) bond motifs is 7. The smallest absolute Gasteiger partial charge is 0.331 e. The summed E-state index contributed by atoms with van der Waals surface area (Å²) in [5.41, 5.74) is 7.44. The van der Waals surface area contributed by atoms with Gasteiger partial charge in [-0.1, -0.05) is 81.6 Å². The highest BCUT2D eigenvalue weighted by Gasteiger charge is 2.39. The highest BCUT2D eigenvalue weighted by molar-refractivity contribution is 5.81. The van der Waals surface area contributed by atoms with Crippen LogP contribution in [0.3, 0.4) is 0 Å². The average Bonchev–Trinajstić information content (AvgIpc) is 3.23. The predicted octanol–water partition coefficient (Wildman–Crippen LogP) is 7.68. The van der Waals surface area contributed by atoms with E-state index in [1.807, 2.05) is 0 Å². The lowest BCUT2D eigenvalue weighted by Crippen LogP contribution is -2.34. The second kappa shape index (κ2) is 17.1. The topological polar surface area (TPSA) is 71.1 Å². The van der Waals surface area contributed by atoms with E-state index in [0.717, 1.165) is 68.1 Å². The van der Waals surface area contributed by atoms with Crippen molar-refractivity contribution >= 4 is 11.9 Å². The summed E-state index contributed by atoms with van der Waals surface area (Å²) in [6.45, 7) is 10.7. The number of esters is 2. The first-order valence-corrected chi connectivity index (χ1v) is 18.5. The van der Waals surface area contributed by atoms with E-state index in [9.17, 15) is 9.59 Å². The van der Waals surface area contributed by atoms with Gasteiger partial charge >= 0.3 is 11.9 Å². The Kier molecular flexibility index (Phi) is 12.2. The molecule has 1 fully saturated rings. The Labute approximate surface area is 298 Å². The maximum atomic E-state index is 11.4. The number of rotatable bonds is 7. The van der Waals surface area contributed by atoms with Crippen molar-refractivity contribution in [1.82, 2.24) is 0 Å². The molecule has 6 heteroatoms. The van der Waals surface area contributed by atoms with Gasteiger partial charge in [0.25, 0.3) is 0 Å². The molecule has 0 N–H and O–H groups in total. The van der Waals surface area contributed by atoms with E-state index in [1.165, 1.54) is 66.3 Å². The second-order valence-electron chi connectivity index (χ2n) is 14.2. The molecule has 0 bridgehead atoms. The van der Waals surface area contributed by atoms with Gasteiger partial charge < -0.3 is 18.9 Å². The van der Waals surface area contributed by atoms with Gasteiger partial charge in [-0.25, -0.2) is 9.59 Å². The van der Waals surface area contributed by atoms with Gasteiger partial charge in [0.2, 0.25) is 0 Å². The summed E-state index contributed by atoms with van der Waals surface area (Å²) in [5.74, 6) is 14.7. The number of hydrogen-bond donors (Lipinski definition) is 0. The Balaban J connectivity index is 1.30.